The molecule has 0 spiro atoms. The lowest BCUT2D eigenvalue weighted by molar-refractivity contribution is -0.107. The van der Waals surface area contributed by atoms with E-state index in [9.17, 15) is 4.79 Å². The summed E-state index contributed by atoms with van der Waals surface area (Å²) >= 11 is 0. The molecular weight excluding hydrogens is 172 g/mol. The average Bonchev–Trinajstić information content (AvgIpc) is 2.63. The third-order valence-electron chi connectivity index (χ3n) is 1.77. The number of fused-ring (bicyclic) bond motifs is 1. The van der Waals surface area contributed by atoms with E-state index >= 15 is 0 Å². The lowest BCUT2D eigenvalue weighted by Gasteiger charge is -2.09. The van der Waals surface area contributed by atoms with Crippen LogP contribution < -0.4 is 20.3 Å². The number of hydrogen-bond acceptors (Lipinski definition) is 4. The van der Waals surface area contributed by atoms with Crippen molar-refractivity contribution in [2.45, 2.75) is 0 Å². The van der Waals surface area contributed by atoms with Gasteiger partial charge in [0, 0.05) is 6.07 Å². The first-order valence-corrected chi connectivity index (χ1v) is 3.70. The molecule has 0 fully saturated rings. The first kappa shape index (κ1) is 7.88. The molecule has 0 atom stereocenters. The van der Waals surface area contributed by atoms with Crippen LogP contribution in [0, 0.1) is 0 Å². The van der Waals surface area contributed by atoms with Crippen LogP contribution in [0.4, 0.5) is 5.69 Å². The minimum absolute atomic E-state index is 0.213. The fourth-order valence-corrected chi connectivity index (χ4v) is 1.11. The number of hydrazine groups is 1. The molecule has 1 aliphatic rings. The van der Waals surface area contributed by atoms with E-state index in [-0.39, 0.29) is 6.79 Å². The molecule has 5 nitrogen and oxygen atoms in total. The smallest absolute Gasteiger partial charge is 0.231 e. The molecule has 2 rings (SSSR count). The molecule has 2 N–H and O–H groups in total. The highest BCUT2D eigenvalue weighted by Gasteiger charge is 2.14. The molecule has 0 saturated carbocycles. The SMILES string of the molecule is NN(C=O)c1ccc2c(c1)OCO2. The molecule has 1 heterocycles. The predicted octanol–water partition coefficient (Wildman–Crippen LogP) is 0.252. The van der Waals surface area contributed by atoms with Crippen molar-refractivity contribution >= 4 is 12.1 Å². The second-order valence-corrected chi connectivity index (χ2v) is 2.55. The summed E-state index contributed by atoms with van der Waals surface area (Å²) in [5.41, 5.74) is 0.569. The van der Waals surface area contributed by atoms with Gasteiger partial charge >= 0.3 is 0 Å². The Morgan fingerprint density at radius 2 is 2.15 bits per heavy atom. The molecule has 1 aliphatic heterocycles. The lowest BCUT2D eigenvalue weighted by Crippen LogP contribution is -2.28. The molecule has 1 aromatic rings. The van der Waals surface area contributed by atoms with Gasteiger partial charge < -0.3 is 9.47 Å². The van der Waals surface area contributed by atoms with Crippen LogP contribution in [0.2, 0.25) is 0 Å². The predicted molar refractivity (Wildman–Crippen MR) is 45.3 cm³/mol. The summed E-state index contributed by atoms with van der Waals surface area (Å²) in [4.78, 5) is 10.3. The van der Waals surface area contributed by atoms with Gasteiger partial charge in [0.25, 0.3) is 0 Å². The minimum atomic E-state index is 0.213. The zero-order valence-electron chi connectivity index (χ0n) is 6.77. The fraction of sp³-hybridized carbons (Fsp3) is 0.125. The van der Waals surface area contributed by atoms with E-state index in [0.717, 1.165) is 5.01 Å². The summed E-state index contributed by atoms with van der Waals surface area (Å²) in [6.45, 7) is 0.213. The van der Waals surface area contributed by atoms with E-state index in [4.69, 9.17) is 15.3 Å². The summed E-state index contributed by atoms with van der Waals surface area (Å²) in [5.74, 6) is 6.63. The Labute approximate surface area is 74.6 Å². The van der Waals surface area contributed by atoms with E-state index in [1.54, 1.807) is 18.2 Å². The molecule has 0 aliphatic carbocycles. The first-order chi connectivity index (χ1) is 6.31. The van der Waals surface area contributed by atoms with E-state index in [1.165, 1.54) is 0 Å². The van der Waals surface area contributed by atoms with Crippen molar-refractivity contribution in [3.8, 4) is 11.5 Å². The van der Waals surface area contributed by atoms with Gasteiger partial charge in [-0.1, -0.05) is 0 Å². The van der Waals surface area contributed by atoms with Crippen molar-refractivity contribution in [3.63, 3.8) is 0 Å². The highest BCUT2D eigenvalue weighted by Crippen LogP contribution is 2.34. The number of ether oxygens (including phenoxy) is 2. The average molecular weight is 180 g/mol. The highest BCUT2D eigenvalue weighted by molar-refractivity contribution is 5.74. The number of amides is 1. The quantitative estimate of drug-likeness (QED) is 0.306. The van der Waals surface area contributed by atoms with Crippen molar-refractivity contribution in [3.05, 3.63) is 18.2 Å². The molecule has 13 heavy (non-hydrogen) atoms. The van der Waals surface area contributed by atoms with Crippen molar-refractivity contribution in [1.82, 2.24) is 0 Å². The van der Waals surface area contributed by atoms with E-state index in [2.05, 4.69) is 0 Å². The van der Waals surface area contributed by atoms with Crippen LogP contribution in [-0.4, -0.2) is 13.2 Å². The molecular formula is C8H8N2O3. The maximum Gasteiger partial charge on any atom is 0.231 e. The Morgan fingerprint density at radius 3 is 2.92 bits per heavy atom. The molecule has 0 radical (unpaired) electrons. The van der Waals surface area contributed by atoms with E-state index in [1.807, 2.05) is 0 Å². The summed E-state index contributed by atoms with van der Waals surface area (Å²) in [7, 11) is 0. The first-order valence-electron chi connectivity index (χ1n) is 3.70. The Morgan fingerprint density at radius 1 is 1.38 bits per heavy atom. The summed E-state index contributed by atoms with van der Waals surface area (Å²) in [5, 5.41) is 0.974. The van der Waals surface area contributed by atoms with Crippen molar-refractivity contribution in [2.75, 3.05) is 11.8 Å². The Hall–Kier alpha value is -1.75. The van der Waals surface area contributed by atoms with Crippen LogP contribution >= 0.6 is 0 Å². The summed E-state index contributed by atoms with van der Waals surface area (Å²) in [6.07, 6.45) is 0.525. The normalized spacial score (nSPS) is 12.7. The second-order valence-electron chi connectivity index (χ2n) is 2.55. The number of nitrogens with zero attached hydrogens (tertiary/aromatic N) is 1. The number of carbonyl (C=O) groups excluding carboxylic acids is 1. The monoisotopic (exact) mass is 180 g/mol. The molecule has 0 saturated heterocycles. The molecule has 68 valence electrons. The van der Waals surface area contributed by atoms with Gasteiger partial charge in [0.05, 0.1) is 5.69 Å². The third-order valence-corrected chi connectivity index (χ3v) is 1.77. The topological polar surface area (TPSA) is 64.8 Å². The Kier molecular flexibility index (Phi) is 1.79. The van der Waals surface area contributed by atoms with Crippen LogP contribution in [0.1, 0.15) is 0 Å². The van der Waals surface area contributed by atoms with Gasteiger partial charge in [0.15, 0.2) is 11.5 Å². The maximum absolute atomic E-state index is 10.3. The van der Waals surface area contributed by atoms with Crippen LogP contribution in [-0.2, 0) is 4.79 Å². The van der Waals surface area contributed by atoms with Crippen LogP contribution in [0.5, 0.6) is 11.5 Å². The molecule has 5 heteroatoms. The third kappa shape index (κ3) is 1.29. The zero-order valence-corrected chi connectivity index (χ0v) is 6.77. The number of hydrogen-bond donors (Lipinski definition) is 1. The lowest BCUT2D eigenvalue weighted by atomic mass is 10.3. The Balaban J connectivity index is 2.35. The van der Waals surface area contributed by atoms with Gasteiger partial charge in [0.2, 0.25) is 13.2 Å². The molecule has 0 bridgehead atoms. The van der Waals surface area contributed by atoms with E-state index in [0.29, 0.717) is 23.6 Å². The number of nitrogens with two attached hydrogens (primary N) is 1. The van der Waals surface area contributed by atoms with Gasteiger partial charge in [-0.2, -0.15) is 0 Å². The Bertz CT molecular complexity index is 340. The van der Waals surface area contributed by atoms with Crippen LogP contribution in [0.25, 0.3) is 0 Å². The zero-order chi connectivity index (χ0) is 9.26. The number of benzene rings is 1. The van der Waals surface area contributed by atoms with Crippen molar-refractivity contribution < 1.29 is 14.3 Å². The van der Waals surface area contributed by atoms with Gasteiger partial charge in [-0.15, -0.1) is 0 Å². The molecule has 0 unspecified atom stereocenters. The molecule has 1 aromatic carbocycles. The van der Waals surface area contributed by atoms with E-state index < -0.39 is 0 Å². The minimum Gasteiger partial charge on any atom is -0.454 e. The van der Waals surface area contributed by atoms with Gasteiger partial charge in [0.1, 0.15) is 0 Å². The van der Waals surface area contributed by atoms with Crippen LogP contribution in [0.3, 0.4) is 0 Å². The van der Waals surface area contributed by atoms with Crippen LogP contribution in [0.15, 0.2) is 18.2 Å². The number of rotatable bonds is 2. The fourth-order valence-electron chi connectivity index (χ4n) is 1.11. The molecule has 0 aromatic heterocycles. The van der Waals surface area contributed by atoms with Gasteiger partial charge in [-0.05, 0) is 12.1 Å². The maximum atomic E-state index is 10.3. The van der Waals surface area contributed by atoms with Crippen molar-refractivity contribution in [2.24, 2.45) is 5.84 Å². The van der Waals surface area contributed by atoms with Gasteiger partial charge in [-0.25, -0.2) is 5.84 Å². The largest absolute Gasteiger partial charge is 0.454 e. The number of anilines is 1. The summed E-state index contributed by atoms with van der Waals surface area (Å²) < 4.78 is 10.2. The number of carbonyl (C=O) groups is 1. The van der Waals surface area contributed by atoms with Crippen molar-refractivity contribution in [1.29, 1.82) is 0 Å². The summed E-state index contributed by atoms with van der Waals surface area (Å²) in [6, 6.07) is 5.04. The van der Waals surface area contributed by atoms with Gasteiger partial charge in [-0.3, -0.25) is 9.80 Å². The second kappa shape index (κ2) is 2.95. The molecule has 1 amide bonds. The highest BCUT2D eigenvalue weighted by atomic mass is 16.7. The standard InChI is InChI=1S/C8H8N2O3/c9-10(4-11)6-1-2-7-8(3-6)13-5-12-7/h1-4H,5,9H2.